The molecule has 0 aliphatic heterocycles. The van der Waals surface area contributed by atoms with E-state index in [1.54, 1.807) is 12.1 Å². The van der Waals surface area contributed by atoms with Crippen molar-refractivity contribution in [3.8, 4) is 0 Å². The Labute approximate surface area is 84.6 Å². The maximum atomic E-state index is 13.1. The Morgan fingerprint density at radius 2 is 2.14 bits per heavy atom. The van der Waals surface area contributed by atoms with Gasteiger partial charge >= 0.3 is 0 Å². The molecular formula is C12H16FN. The van der Waals surface area contributed by atoms with Gasteiger partial charge in [-0.3, -0.25) is 0 Å². The van der Waals surface area contributed by atoms with Crippen molar-refractivity contribution in [3.63, 3.8) is 0 Å². The minimum atomic E-state index is -0.133. The van der Waals surface area contributed by atoms with Crippen LogP contribution in [0.15, 0.2) is 36.4 Å². The van der Waals surface area contributed by atoms with Gasteiger partial charge in [0, 0.05) is 12.1 Å². The molecule has 76 valence electrons. The second-order valence-electron chi connectivity index (χ2n) is 3.13. The predicted octanol–water partition coefficient (Wildman–Crippen LogP) is 2.88. The smallest absolute Gasteiger partial charge is 0.127 e. The molecule has 0 saturated carbocycles. The molecule has 0 aromatic heterocycles. The van der Waals surface area contributed by atoms with Crippen molar-refractivity contribution in [3.05, 3.63) is 47.8 Å². The van der Waals surface area contributed by atoms with Gasteiger partial charge in [-0.15, -0.1) is 0 Å². The van der Waals surface area contributed by atoms with Crippen molar-refractivity contribution >= 4 is 0 Å². The lowest BCUT2D eigenvalue weighted by Gasteiger charge is -2.03. The van der Waals surface area contributed by atoms with Crippen molar-refractivity contribution in [2.75, 3.05) is 6.54 Å². The molecule has 0 heterocycles. The van der Waals surface area contributed by atoms with E-state index in [9.17, 15) is 4.39 Å². The first-order chi connectivity index (χ1) is 6.84. The van der Waals surface area contributed by atoms with Gasteiger partial charge in [0.1, 0.15) is 5.82 Å². The zero-order valence-electron chi connectivity index (χ0n) is 8.46. The number of rotatable bonds is 5. The van der Waals surface area contributed by atoms with Crippen molar-refractivity contribution in [2.45, 2.75) is 19.9 Å². The van der Waals surface area contributed by atoms with Gasteiger partial charge in [-0.2, -0.15) is 0 Å². The minimum absolute atomic E-state index is 0.133. The summed E-state index contributed by atoms with van der Waals surface area (Å²) < 4.78 is 13.1. The van der Waals surface area contributed by atoms with Crippen LogP contribution in [-0.4, -0.2) is 6.54 Å². The molecule has 1 aromatic carbocycles. The Morgan fingerprint density at radius 3 is 2.86 bits per heavy atom. The van der Waals surface area contributed by atoms with Crippen LogP contribution in [0.2, 0.25) is 0 Å². The third-order valence-electron chi connectivity index (χ3n) is 2.00. The summed E-state index contributed by atoms with van der Waals surface area (Å²) in [6.07, 6.45) is 5.10. The van der Waals surface area contributed by atoms with Crippen LogP contribution in [0.4, 0.5) is 4.39 Å². The number of halogens is 1. The number of hydrogen-bond acceptors (Lipinski definition) is 1. The first-order valence-corrected chi connectivity index (χ1v) is 4.90. The quantitative estimate of drug-likeness (QED) is 0.560. The van der Waals surface area contributed by atoms with Gasteiger partial charge in [0.2, 0.25) is 0 Å². The van der Waals surface area contributed by atoms with Crippen LogP contribution < -0.4 is 5.32 Å². The molecule has 1 aromatic rings. The Bertz CT molecular complexity index is 294. The normalized spacial score (nSPS) is 11.0. The van der Waals surface area contributed by atoms with E-state index in [0.717, 1.165) is 18.5 Å². The summed E-state index contributed by atoms with van der Waals surface area (Å²) in [5.74, 6) is -0.133. The van der Waals surface area contributed by atoms with Gasteiger partial charge in [-0.1, -0.05) is 30.4 Å². The van der Waals surface area contributed by atoms with Crippen molar-refractivity contribution in [1.82, 2.24) is 5.32 Å². The summed E-state index contributed by atoms with van der Waals surface area (Å²) in [5.41, 5.74) is 0.730. The first-order valence-electron chi connectivity index (χ1n) is 4.90. The van der Waals surface area contributed by atoms with E-state index in [0.29, 0.717) is 6.54 Å². The highest BCUT2D eigenvalue weighted by Crippen LogP contribution is 2.05. The van der Waals surface area contributed by atoms with Gasteiger partial charge < -0.3 is 5.32 Å². The van der Waals surface area contributed by atoms with Crippen LogP contribution in [0.25, 0.3) is 0 Å². The molecule has 14 heavy (non-hydrogen) atoms. The van der Waals surface area contributed by atoms with Crippen LogP contribution in [0.5, 0.6) is 0 Å². The Morgan fingerprint density at radius 1 is 1.36 bits per heavy atom. The van der Waals surface area contributed by atoms with E-state index in [-0.39, 0.29) is 5.82 Å². The van der Waals surface area contributed by atoms with Crippen LogP contribution in [0.3, 0.4) is 0 Å². The van der Waals surface area contributed by atoms with E-state index in [1.165, 1.54) is 6.07 Å². The molecule has 0 radical (unpaired) electrons. The number of allylic oxidation sites excluding steroid dienone is 1. The zero-order chi connectivity index (χ0) is 10.2. The second kappa shape index (κ2) is 6.33. The molecule has 1 N–H and O–H groups in total. The second-order valence-corrected chi connectivity index (χ2v) is 3.13. The Balaban J connectivity index is 2.28. The third kappa shape index (κ3) is 3.71. The van der Waals surface area contributed by atoms with Gasteiger partial charge in [0.25, 0.3) is 0 Å². The Hall–Kier alpha value is -1.15. The summed E-state index contributed by atoms with van der Waals surface area (Å²) in [6.45, 7) is 3.49. The highest BCUT2D eigenvalue weighted by Gasteiger charge is 1.97. The Kier molecular flexibility index (Phi) is 4.94. The fourth-order valence-electron chi connectivity index (χ4n) is 1.22. The largest absolute Gasteiger partial charge is 0.312 e. The van der Waals surface area contributed by atoms with E-state index in [2.05, 4.69) is 11.4 Å². The van der Waals surface area contributed by atoms with E-state index < -0.39 is 0 Å². The highest BCUT2D eigenvalue weighted by atomic mass is 19.1. The SMILES string of the molecule is C/C=C/CCNCc1ccccc1F. The molecule has 0 aliphatic rings. The third-order valence-corrected chi connectivity index (χ3v) is 2.00. The highest BCUT2D eigenvalue weighted by molar-refractivity contribution is 5.16. The van der Waals surface area contributed by atoms with Crippen LogP contribution >= 0.6 is 0 Å². The lowest BCUT2D eigenvalue weighted by atomic mass is 10.2. The van der Waals surface area contributed by atoms with Crippen LogP contribution in [0.1, 0.15) is 18.9 Å². The molecule has 0 atom stereocenters. The van der Waals surface area contributed by atoms with Crippen molar-refractivity contribution in [1.29, 1.82) is 0 Å². The maximum Gasteiger partial charge on any atom is 0.127 e. The lowest BCUT2D eigenvalue weighted by molar-refractivity contribution is 0.589. The van der Waals surface area contributed by atoms with Crippen molar-refractivity contribution in [2.24, 2.45) is 0 Å². The summed E-state index contributed by atoms with van der Waals surface area (Å²) in [4.78, 5) is 0. The molecule has 0 saturated heterocycles. The summed E-state index contributed by atoms with van der Waals surface area (Å²) >= 11 is 0. The van der Waals surface area contributed by atoms with E-state index in [1.807, 2.05) is 19.1 Å². The van der Waals surface area contributed by atoms with Gasteiger partial charge in [0.15, 0.2) is 0 Å². The topological polar surface area (TPSA) is 12.0 Å². The molecule has 0 amide bonds. The summed E-state index contributed by atoms with van der Waals surface area (Å²) in [6, 6.07) is 6.85. The fourth-order valence-corrected chi connectivity index (χ4v) is 1.22. The summed E-state index contributed by atoms with van der Waals surface area (Å²) in [7, 11) is 0. The van der Waals surface area contributed by atoms with E-state index >= 15 is 0 Å². The monoisotopic (exact) mass is 193 g/mol. The van der Waals surface area contributed by atoms with Crippen LogP contribution in [-0.2, 0) is 6.54 Å². The first kappa shape index (κ1) is 10.9. The summed E-state index contributed by atoms with van der Waals surface area (Å²) in [5, 5.41) is 3.19. The average Bonchev–Trinajstić information content (AvgIpc) is 2.20. The number of benzene rings is 1. The standard InChI is InChI=1S/C12H16FN/c1-2-3-6-9-14-10-11-7-4-5-8-12(11)13/h2-5,7-8,14H,6,9-10H2,1H3/b3-2+. The molecule has 0 fully saturated rings. The van der Waals surface area contributed by atoms with Gasteiger partial charge in [-0.05, 0) is 26.0 Å². The number of nitrogens with one attached hydrogen (secondary N) is 1. The van der Waals surface area contributed by atoms with Crippen LogP contribution in [0, 0.1) is 5.82 Å². The zero-order valence-corrected chi connectivity index (χ0v) is 8.46. The molecule has 1 rings (SSSR count). The minimum Gasteiger partial charge on any atom is -0.312 e. The molecule has 0 bridgehead atoms. The molecule has 0 unspecified atom stereocenters. The lowest BCUT2D eigenvalue weighted by Crippen LogP contribution is -2.14. The molecule has 0 aliphatic carbocycles. The van der Waals surface area contributed by atoms with Crippen molar-refractivity contribution < 1.29 is 4.39 Å². The molecule has 1 nitrogen and oxygen atoms in total. The maximum absolute atomic E-state index is 13.1. The molecular weight excluding hydrogens is 177 g/mol. The molecule has 0 spiro atoms. The molecule has 2 heteroatoms. The number of hydrogen-bond donors (Lipinski definition) is 1. The van der Waals surface area contributed by atoms with Gasteiger partial charge in [0.05, 0.1) is 0 Å². The average molecular weight is 193 g/mol. The fraction of sp³-hybridized carbons (Fsp3) is 0.333. The van der Waals surface area contributed by atoms with E-state index in [4.69, 9.17) is 0 Å². The van der Waals surface area contributed by atoms with Gasteiger partial charge in [-0.25, -0.2) is 4.39 Å². The predicted molar refractivity (Wildman–Crippen MR) is 57.5 cm³/mol.